The molecular formula is C23H24BN5OS. The van der Waals surface area contributed by atoms with Crippen molar-refractivity contribution in [2.45, 2.75) is 31.5 Å². The lowest BCUT2D eigenvalue weighted by atomic mass is 9.91. The zero-order chi connectivity index (χ0) is 21.5. The topological polar surface area (TPSA) is 75.9 Å². The average Bonchev–Trinajstić information content (AvgIpc) is 3.29. The van der Waals surface area contributed by atoms with Gasteiger partial charge in [0.1, 0.15) is 19.4 Å². The lowest BCUT2D eigenvalue weighted by molar-refractivity contribution is 0.477. The molecule has 0 fully saturated rings. The normalized spacial score (nSPS) is 15.4. The largest absolute Gasteiger partial charge is 0.507 e. The number of phenols is 1. The smallest absolute Gasteiger partial charge is 0.170 e. The molecule has 2 aromatic carbocycles. The van der Waals surface area contributed by atoms with Gasteiger partial charge in [-0.1, -0.05) is 47.6 Å². The third-order valence-corrected chi connectivity index (χ3v) is 6.80. The summed E-state index contributed by atoms with van der Waals surface area (Å²) in [5.41, 5.74) is 5.96. The zero-order valence-corrected chi connectivity index (χ0v) is 18.7. The predicted molar refractivity (Wildman–Crippen MR) is 129 cm³/mol. The summed E-state index contributed by atoms with van der Waals surface area (Å²) in [6.45, 7) is 4.84. The lowest BCUT2D eigenvalue weighted by Gasteiger charge is -2.11. The van der Waals surface area contributed by atoms with Crippen molar-refractivity contribution in [3.63, 3.8) is 0 Å². The van der Waals surface area contributed by atoms with Gasteiger partial charge in [0.2, 0.25) is 0 Å². The fraction of sp³-hybridized carbons (Fsp3) is 0.261. The Morgan fingerprint density at radius 3 is 2.90 bits per heavy atom. The van der Waals surface area contributed by atoms with Crippen molar-refractivity contribution in [2.24, 2.45) is 0 Å². The highest BCUT2D eigenvalue weighted by molar-refractivity contribution is 7.99. The van der Waals surface area contributed by atoms with Gasteiger partial charge in [-0.2, -0.15) is 0 Å². The van der Waals surface area contributed by atoms with E-state index < -0.39 is 0 Å². The van der Waals surface area contributed by atoms with Crippen molar-refractivity contribution in [1.29, 1.82) is 0 Å². The van der Waals surface area contributed by atoms with E-state index in [-0.39, 0.29) is 0 Å². The maximum Gasteiger partial charge on any atom is 0.170 e. The van der Waals surface area contributed by atoms with E-state index >= 15 is 0 Å². The van der Waals surface area contributed by atoms with E-state index in [0.717, 1.165) is 56.8 Å². The van der Waals surface area contributed by atoms with E-state index in [1.165, 1.54) is 5.46 Å². The molecule has 156 valence electrons. The molecule has 1 aliphatic heterocycles. The number of aromatic hydroxyl groups is 1. The van der Waals surface area contributed by atoms with Gasteiger partial charge >= 0.3 is 0 Å². The highest BCUT2D eigenvalue weighted by Crippen LogP contribution is 2.37. The van der Waals surface area contributed by atoms with Crippen LogP contribution in [0.4, 0.5) is 5.82 Å². The van der Waals surface area contributed by atoms with Crippen molar-refractivity contribution in [1.82, 2.24) is 19.5 Å². The monoisotopic (exact) mass is 429 g/mol. The number of anilines is 1. The minimum Gasteiger partial charge on any atom is -0.507 e. The summed E-state index contributed by atoms with van der Waals surface area (Å²) < 4.78 is 2.22. The Morgan fingerprint density at radius 1 is 1.19 bits per heavy atom. The average molecular weight is 429 g/mol. The molecule has 0 amide bonds. The predicted octanol–water partition coefficient (Wildman–Crippen LogP) is 3.09. The standard InChI is InChI=1S/C23H24BN5OS/c1-13-12-31-23-28-20-21(26-14(2)27-22(20)29(13)23)25-9-8-15-6-7-19(30)18(10-15)16-4-3-5-17(24)11-16/h3-7,10-11,13,30H,8-9,12,24H2,1-2H3,(H,25,26,27)/t13-/m0/s1. The van der Waals surface area contributed by atoms with Crippen LogP contribution in [0.3, 0.4) is 0 Å². The molecule has 0 aliphatic carbocycles. The van der Waals surface area contributed by atoms with Crippen molar-refractivity contribution in [3.05, 3.63) is 53.9 Å². The van der Waals surface area contributed by atoms with Crippen LogP contribution < -0.4 is 10.8 Å². The Labute approximate surface area is 186 Å². The van der Waals surface area contributed by atoms with Gasteiger partial charge in [0, 0.05) is 23.9 Å². The van der Waals surface area contributed by atoms with Crippen LogP contribution in [0.15, 0.2) is 47.6 Å². The van der Waals surface area contributed by atoms with Crippen LogP contribution in [-0.2, 0) is 6.42 Å². The summed E-state index contributed by atoms with van der Waals surface area (Å²) in [6.07, 6.45) is 0.808. The Bertz CT molecular complexity index is 1290. The number of phenolic OH excluding ortho intramolecular Hbond substituents is 1. The first-order valence-electron chi connectivity index (χ1n) is 10.5. The van der Waals surface area contributed by atoms with Crippen molar-refractivity contribution < 1.29 is 5.11 Å². The molecule has 0 saturated heterocycles. The molecule has 4 aromatic rings. The van der Waals surface area contributed by atoms with E-state index in [4.69, 9.17) is 4.98 Å². The Morgan fingerprint density at radius 2 is 2.06 bits per heavy atom. The number of nitrogens with zero attached hydrogens (tertiary/aromatic N) is 4. The molecule has 1 atom stereocenters. The first-order valence-corrected chi connectivity index (χ1v) is 11.5. The van der Waals surface area contributed by atoms with Gasteiger partial charge in [-0.3, -0.25) is 4.57 Å². The van der Waals surface area contributed by atoms with Crippen LogP contribution in [0.25, 0.3) is 22.3 Å². The number of thioether (sulfide) groups is 1. The molecule has 0 saturated carbocycles. The van der Waals surface area contributed by atoms with Gasteiger partial charge in [-0.25, -0.2) is 15.0 Å². The van der Waals surface area contributed by atoms with Crippen molar-refractivity contribution >= 4 is 42.1 Å². The number of benzene rings is 2. The molecule has 1 aliphatic rings. The first-order chi connectivity index (χ1) is 15.0. The minimum absolute atomic E-state index is 0.301. The van der Waals surface area contributed by atoms with Gasteiger partial charge in [0.05, 0.1) is 0 Å². The molecule has 2 N–H and O–H groups in total. The summed E-state index contributed by atoms with van der Waals surface area (Å²) >= 11 is 1.77. The summed E-state index contributed by atoms with van der Waals surface area (Å²) in [6, 6.07) is 14.4. The maximum atomic E-state index is 10.4. The van der Waals surface area contributed by atoms with Crippen LogP contribution >= 0.6 is 11.8 Å². The van der Waals surface area contributed by atoms with E-state index in [1.54, 1.807) is 17.8 Å². The van der Waals surface area contributed by atoms with Gasteiger partial charge in [-0.15, -0.1) is 0 Å². The second kappa shape index (κ2) is 7.92. The molecule has 31 heavy (non-hydrogen) atoms. The molecule has 5 rings (SSSR count). The van der Waals surface area contributed by atoms with E-state index in [0.29, 0.717) is 18.3 Å². The van der Waals surface area contributed by atoms with Crippen molar-refractivity contribution in [2.75, 3.05) is 17.6 Å². The molecule has 0 spiro atoms. The van der Waals surface area contributed by atoms with Gasteiger partial charge in [-0.05, 0) is 43.5 Å². The molecule has 6 nitrogen and oxygen atoms in total. The highest BCUT2D eigenvalue weighted by atomic mass is 32.2. The molecule has 2 aromatic heterocycles. The van der Waals surface area contributed by atoms with Gasteiger partial charge in [0.25, 0.3) is 0 Å². The Balaban J connectivity index is 1.37. The molecular weight excluding hydrogens is 405 g/mol. The molecule has 0 radical (unpaired) electrons. The van der Waals surface area contributed by atoms with Crippen LogP contribution in [0.5, 0.6) is 5.75 Å². The van der Waals surface area contributed by atoms with E-state index in [1.807, 2.05) is 25.1 Å². The molecule has 8 heteroatoms. The second-order valence-electron chi connectivity index (χ2n) is 8.11. The second-order valence-corrected chi connectivity index (χ2v) is 9.10. The number of rotatable bonds is 5. The number of aromatic nitrogens is 4. The quantitative estimate of drug-likeness (QED) is 0.475. The summed E-state index contributed by atoms with van der Waals surface area (Å²) in [7, 11) is 2.06. The number of nitrogens with one attached hydrogen (secondary N) is 1. The number of fused-ring (bicyclic) bond motifs is 3. The fourth-order valence-corrected chi connectivity index (χ4v) is 5.16. The first kappa shape index (κ1) is 19.9. The maximum absolute atomic E-state index is 10.4. The van der Waals surface area contributed by atoms with Gasteiger partial charge in [0.15, 0.2) is 22.1 Å². The number of hydrogen-bond acceptors (Lipinski definition) is 6. The van der Waals surface area contributed by atoms with E-state index in [9.17, 15) is 5.11 Å². The van der Waals surface area contributed by atoms with Crippen LogP contribution in [0.2, 0.25) is 0 Å². The molecule has 0 unspecified atom stereocenters. The third-order valence-electron chi connectivity index (χ3n) is 5.61. The summed E-state index contributed by atoms with van der Waals surface area (Å²) in [5, 5.41) is 14.9. The number of hydrogen-bond donors (Lipinski definition) is 2. The zero-order valence-electron chi connectivity index (χ0n) is 17.9. The van der Waals surface area contributed by atoms with Crippen LogP contribution in [-0.4, -0.2) is 44.8 Å². The molecule has 3 heterocycles. The minimum atomic E-state index is 0.301. The fourth-order valence-electron chi connectivity index (χ4n) is 4.06. The van der Waals surface area contributed by atoms with E-state index in [2.05, 4.69) is 52.8 Å². The van der Waals surface area contributed by atoms with Crippen LogP contribution in [0.1, 0.15) is 24.4 Å². The SMILES string of the molecule is Bc1cccc(-c2cc(CCNc3nc(C)nc4c3nc3n4[C@@H](C)CS3)ccc2O)c1. The van der Waals surface area contributed by atoms with Gasteiger partial charge < -0.3 is 10.4 Å². The Hall–Kier alpha value is -3.00. The Kier molecular flexibility index (Phi) is 5.10. The molecule has 0 bridgehead atoms. The highest BCUT2D eigenvalue weighted by Gasteiger charge is 2.26. The van der Waals surface area contributed by atoms with Crippen LogP contribution in [0, 0.1) is 6.92 Å². The summed E-state index contributed by atoms with van der Waals surface area (Å²) in [5.74, 6) is 2.87. The third kappa shape index (κ3) is 3.76. The van der Waals surface area contributed by atoms with Crippen molar-refractivity contribution in [3.8, 4) is 16.9 Å². The summed E-state index contributed by atoms with van der Waals surface area (Å²) in [4.78, 5) is 14.1. The number of aryl methyl sites for hydroxylation is 1. The number of imidazole rings is 1. The lowest BCUT2D eigenvalue weighted by Crippen LogP contribution is -2.09.